The molecule has 5 heteroatoms. The van der Waals surface area contributed by atoms with Crippen molar-refractivity contribution in [1.82, 2.24) is 15.5 Å². The van der Waals surface area contributed by atoms with Crippen LogP contribution in [0.3, 0.4) is 0 Å². The van der Waals surface area contributed by atoms with Gasteiger partial charge in [-0.25, -0.2) is 0 Å². The van der Waals surface area contributed by atoms with Crippen LogP contribution in [0.15, 0.2) is 24.3 Å². The number of piperidine rings is 1. The van der Waals surface area contributed by atoms with E-state index in [1.807, 2.05) is 19.2 Å². The lowest BCUT2D eigenvalue weighted by Crippen LogP contribution is -2.45. The summed E-state index contributed by atoms with van der Waals surface area (Å²) >= 11 is 0. The number of hydrogen-bond donors (Lipinski definition) is 3. The standard InChI is InChI=1S/C17H27N3O2/c1-20(15-8-11-18-12-9-15)13-17(22)19-10-2-3-14-4-6-16(21)7-5-14/h4-7,15,18,21H,2-3,8-13H2,1H3,(H,19,22). The van der Waals surface area contributed by atoms with Crippen LogP contribution in [-0.2, 0) is 11.2 Å². The molecular weight excluding hydrogens is 278 g/mol. The highest BCUT2D eigenvalue weighted by Gasteiger charge is 2.19. The number of aromatic hydroxyl groups is 1. The van der Waals surface area contributed by atoms with E-state index >= 15 is 0 Å². The van der Waals surface area contributed by atoms with E-state index in [1.165, 1.54) is 5.56 Å². The van der Waals surface area contributed by atoms with Gasteiger partial charge < -0.3 is 15.7 Å². The third-order valence-corrected chi connectivity index (χ3v) is 4.23. The topological polar surface area (TPSA) is 64.6 Å². The van der Waals surface area contributed by atoms with Crippen molar-refractivity contribution < 1.29 is 9.90 Å². The van der Waals surface area contributed by atoms with Gasteiger partial charge in [0, 0.05) is 12.6 Å². The van der Waals surface area contributed by atoms with Gasteiger partial charge in [-0.15, -0.1) is 0 Å². The zero-order valence-electron chi connectivity index (χ0n) is 13.3. The Labute approximate surface area is 132 Å². The average molecular weight is 305 g/mol. The normalized spacial score (nSPS) is 15.9. The van der Waals surface area contributed by atoms with Crippen molar-refractivity contribution in [3.05, 3.63) is 29.8 Å². The molecule has 1 aliphatic rings. The monoisotopic (exact) mass is 305 g/mol. The summed E-state index contributed by atoms with van der Waals surface area (Å²) in [6.45, 7) is 3.26. The Bertz CT molecular complexity index is 455. The van der Waals surface area contributed by atoms with E-state index in [0.29, 0.717) is 19.1 Å². The van der Waals surface area contributed by atoms with Crippen LogP contribution >= 0.6 is 0 Å². The maximum atomic E-state index is 12.0. The maximum absolute atomic E-state index is 12.0. The third kappa shape index (κ3) is 5.66. The minimum absolute atomic E-state index is 0.103. The van der Waals surface area contributed by atoms with E-state index in [9.17, 15) is 9.90 Å². The Morgan fingerprint density at radius 2 is 2.00 bits per heavy atom. The fourth-order valence-corrected chi connectivity index (χ4v) is 2.84. The smallest absolute Gasteiger partial charge is 0.234 e. The first-order chi connectivity index (χ1) is 10.6. The lowest BCUT2D eigenvalue weighted by molar-refractivity contribution is -0.122. The van der Waals surface area contributed by atoms with Crippen LogP contribution in [0.4, 0.5) is 0 Å². The van der Waals surface area contributed by atoms with Crippen molar-refractivity contribution in [1.29, 1.82) is 0 Å². The van der Waals surface area contributed by atoms with Gasteiger partial charge in [-0.3, -0.25) is 9.69 Å². The number of carbonyl (C=O) groups is 1. The molecule has 122 valence electrons. The molecule has 0 atom stereocenters. The molecular formula is C17H27N3O2. The Balaban J connectivity index is 1.60. The van der Waals surface area contributed by atoms with Gasteiger partial charge in [0.05, 0.1) is 6.54 Å². The molecule has 0 bridgehead atoms. The molecule has 1 fully saturated rings. The number of hydrogen-bond acceptors (Lipinski definition) is 4. The maximum Gasteiger partial charge on any atom is 0.234 e. The van der Waals surface area contributed by atoms with Crippen LogP contribution in [0.5, 0.6) is 5.75 Å². The van der Waals surface area contributed by atoms with Gasteiger partial charge in [0.2, 0.25) is 5.91 Å². The molecule has 1 saturated heterocycles. The second-order valence-corrected chi connectivity index (χ2v) is 6.02. The summed E-state index contributed by atoms with van der Waals surface area (Å²) in [5, 5.41) is 15.6. The van der Waals surface area contributed by atoms with E-state index < -0.39 is 0 Å². The van der Waals surface area contributed by atoms with E-state index in [2.05, 4.69) is 15.5 Å². The molecule has 1 aliphatic heterocycles. The van der Waals surface area contributed by atoms with Crippen molar-refractivity contribution in [3.63, 3.8) is 0 Å². The van der Waals surface area contributed by atoms with Crippen molar-refractivity contribution in [2.45, 2.75) is 31.7 Å². The largest absolute Gasteiger partial charge is 0.508 e. The average Bonchev–Trinajstić information content (AvgIpc) is 2.54. The van der Waals surface area contributed by atoms with Crippen LogP contribution in [0, 0.1) is 0 Å². The van der Waals surface area contributed by atoms with Gasteiger partial charge in [0.15, 0.2) is 0 Å². The molecule has 0 aromatic heterocycles. The number of rotatable bonds is 7. The summed E-state index contributed by atoms with van der Waals surface area (Å²) in [5.41, 5.74) is 1.18. The molecule has 1 heterocycles. The number of phenols is 1. The van der Waals surface area contributed by atoms with E-state index in [4.69, 9.17) is 0 Å². The summed E-state index contributed by atoms with van der Waals surface area (Å²) in [7, 11) is 2.03. The summed E-state index contributed by atoms with van der Waals surface area (Å²) in [4.78, 5) is 14.1. The minimum atomic E-state index is 0.103. The van der Waals surface area contributed by atoms with Gasteiger partial charge in [0.1, 0.15) is 5.75 Å². The van der Waals surface area contributed by atoms with Crippen molar-refractivity contribution in [2.24, 2.45) is 0 Å². The lowest BCUT2D eigenvalue weighted by atomic mass is 10.1. The molecule has 1 aromatic rings. The number of nitrogens with zero attached hydrogens (tertiary/aromatic N) is 1. The first-order valence-electron chi connectivity index (χ1n) is 8.11. The minimum Gasteiger partial charge on any atom is -0.508 e. The predicted molar refractivity (Wildman–Crippen MR) is 88.0 cm³/mol. The number of carbonyl (C=O) groups excluding carboxylic acids is 1. The Morgan fingerprint density at radius 1 is 1.32 bits per heavy atom. The predicted octanol–water partition coefficient (Wildman–Crippen LogP) is 1.12. The number of nitrogens with one attached hydrogen (secondary N) is 2. The summed E-state index contributed by atoms with van der Waals surface area (Å²) in [5.74, 6) is 0.393. The van der Waals surface area contributed by atoms with E-state index in [0.717, 1.165) is 38.8 Å². The second-order valence-electron chi connectivity index (χ2n) is 6.02. The number of amides is 1. The van der Waals surface area contributed by atoms with Gasteiger partial charge in [0.25, 0.3) is 0 Å². The number of phenolic OH excluding ortho intramolecular Hbond substituents is 1. The Morgan fingerprint density at radius 3 is 2.68 bits per heavy atom. The van der Waals surface area contributed by atoms with Gasteiger partial charge in [-0.1, -0.05) is 12.1 Å². The number of benzene rings is 1. The molecule has 0 aliphatic carbocycles. The highest BCUT2D eigenvalue weighted by atomic mass is 16.3. The van der Waals surface area contributed by atoms with E-state index in [1.54, 1.807) is 12.1 Å². The Hall–Kier alpha value is -1.59. The zero-order chi connectivity index (χ0) is 15.8. The molecule has 1 aromatic carbocycles. The fraction of sp³-hybridized carbons (Fsp3) is 0.588. The van der Waals surface area contributed by atoms with Crippen LogP contribution in [-0.4, -0.2) is 55.2 Å². The molecule has 0 spiro atoms. The SMILES string of the molecule is CN(CC(=O)NCCCc1ccc(O)cc1)C1CCNCC1. The molecule has 1 amide bonds. The number of aryl methyl sites for hydroxylation is 1. The van der Waals surface area contributed by atoms with Crippen molar-refractivity contribution in [3.8, 4) is 5.75 Å². The van der Waals surface area contributed by atoms with Crippen molar-refractivity contribution in [2.75, 3.05) is 33.2 Å². The highest BCUT2D eigenvalue weighted by molar-refractivity contribution is 5.77. The van der Waals surface area contributed by atoms with Crippen LogP contribution in [0.1, 0.15) is 24.8 Å². The molecule has 0 unspecified atom stereocenters. The first kappa shape index (κ1) is 16.8. The van der Waals surface area contributed by atoms with Gasteiger partial charge in [-0.05, 0) is 63.5 Å². The van der Waals surface area contributed by atoms with Crippen LogP contribution in [0.2, 0.25) is 0 Å². The summed E-state index contributed by atoms with van der Waals surface area (Å²) in [6.07, 6.45) is 4.05. The van der Waals surface area contributed by atoms with E-state index in [-0.39, 0.29) is 11.7 Å². The fourth-order valence-electron chi connectivity index (χ4n) is 2.84. The Kier molecular flexibility index (Phi) is 6.68. The summed E-state index contributed by atoms with van der Waals surface area (Å²) < 4.78 is 0. The molecule has 5 nitrogen and oxygen atoms in total. The van der Waals surface area contributed by atoms with Crippen molar-refractivity contribution >= 4 is 5.91 Å². The van der Waals surface area contributed by atoms with Crippen LogP contribution in [0.25, 0.3) is 0 Å². The first-order valence-corrected chi connectivity index (χ1v) is 8.11. The number of likely N-dealkylation sites (N-methyl/N-ethyl adjacent to an activating group) is 1. The molecule has 2 rings (SSSR count). The molecule has 3 N–H and O–H groups in total. The quantitative estimate of drug-likeness (QED) is 0.661. The second kappa shape index (κ2) is 8.76. The molecule has 22 heavy (non-hydrogen) atoms. The zero-order valence-corrected chi connectivity index (χ0v) is 13.3. The lowest BCUT2D eigenvalue weighted by Gasteiger charge is -2.31. The summed E-state index contributed by atoms with van der Waals surface area (Å²) in [6, 6.07) is 7.75. The van der Waals surface area contributed by atoms with Gasteiger partial charge >= 0.3 is 0 Å². The van der Waals surface area contributed by atoms with Crippen LogP contribution < -0.4 is 10.6 Å². The highest BCUT2D eigenvalue weighted by Crippen LogP contribution is 2.11. The molecule has 0 saturated carbocycles. The molecule has 0 radical (unpaired) electrons. The van der Waals surface area contributed by atoms with Gasteiger partial charge in [-0.2, -0.15) is 0 Å². The third-order valence-electron chi connectivity index (χ3n) is 4.23.